The molecule has 7 heteroatoms. The molecule has 1 atom stereocenters. The Hall–Kier alpha value is -1.63. The van der Waals surface area contributed by atoms with Crippen molar-refractivity contribution in [2.75, 3.05) is 19.7 Å². The van der Waals surface area contributed by atoms with Crippen molar-refractivity contribution >= 4 is 28.8 Å². The summed E-state index contributed by atoms with van der Waals surface area (Å²) in [6.07, 6.45) is 2.67. The quantitative estimate of drug-likeness (QED) is 0.719. The molecule has 3 rings (SSSR count). The number of amides is 1. The molecule has 1 aliphatic rings. The predicted octanol–water partition coefficient (Wildman–Crippen LogP) is 4.58. The van der Waals surface area contributed by atoms with Gasteiger partial charge in [-0.25, -0.2) is 4.98 Å². The molecule has 1 amide bonds. The van der Waals surface area contributed by atoms with Gasteiger partial charge in [0, 0.05) is 41.7 Å². The molecule has 1 fully saturated rings. The molecule has 1 saturated heterocycles. The molecule has 1 aromatic heterocycles. The highest BCUT2D eigenvalue weighted by molar-refractivity contribution is 7.11. The van der Waals surface area contributed by atoms with Crippen LogP contribution in [0, 0.1) is 12.8 Å². The Morgan fingerprint density at radius 3 is 2.72 bits per heavy atom. The Kier molecular flexibility index (Phi) is 7.19. The highest BCUT2D eigenvalue weighted by atomic mass is 35.5. The van der Waals surface area contributed by atoms with Gasteiger partial charge < -0.3 is 14.7 Å². The van der Waals surface area contributed by atoms with Crippen LogP contribution in [0.25, 0.3) is 0 Å². The number of aryl methyl sites for hydroxylation is 1. The number of benzene rings is 1. The first-order chi connectivity index (χ1) is 13.8. The number of carbonyl (C=O) groups excluding carboxylic acids is 1. The van der Waals surface area contributed by atoms with Gasteiger partial charge in [-0.1, -0.05) is 25.4 Å². The van der Waals surface area contributed by atoms with Crippen LogP contribution in [0.1, 0.15) is 48.7 Å². The molecule has 5 nitrogen and oxygen atoms in total. The summed E-state index contributed by atoms with van der Waals surface area (Å²) in [5.41, 5.74) is -0.0195. The normalized spacial score (nSPS) is 20.0. The Balaban J connectivity index is 1.62. The van der Waals surface area contributed by atoms with Gasteiger partial charge in [0.2, 0.25) is 5.91 Å². The van der Waals surface area contributed by atoms with E-state index in [0.717, 1.165) is 34.2 Å². The van der Waals surface area contributed by atoms with Gasteiger partial charge >= 0.3 is 0 Å². The SMILES string of the molecule is Cc1nc([C@]2(O)CCCN(C(=O)C(C)C)CC2)sc1CCOc1ccc(Cl)cc1. The lowest BCUT2D eigenvalue weighted by atomic mass is 9.96. The van der Waals surface area contributed by atoms with Crippen LogP contribution in [0.15, 0.2) is 24.3 Å². The summed E-state index contributed by atoms with van der Waals surface area (Å²) in [7, 11) is 0. The molecule has 1 N–H and O–H groups in total. The van der Waals surface area contributed by atoms with Crippen molar-refractivity contribution in [3.63, 3.8) is 0 Å². The topological polar surface area (TPSA) is 62.7 Å². The number of hydrogen-bond acceptors (Lipinski definition) is 5. The van der Waals surface area contributed by atoms with E-state index in [0.29, 0.717) is 37.6 Å². The number of aromatic nitrogens is 1. The molecule has 0 spiro atoms. The first-order valence-electron chi connectivity index (χ1n) is 10.1. The monoisotopic (exact) mass is 436 g/mol. The summed E-state index contributed by atoms with van der Waals surface area (Å²) in [4.78, 5) is 20.0. The van der Waals surface area contributed by atoms with Crippen molar-refractivity contribution < 1.29 is 14.6 Å². The zero-order chi connectivity index (χ0) is 21.0. The number of ether oxygens (including phenoxy) is 1. The zero-order valence-corrected chi connectivity index (χ0v) is 18.9. The lowest BCUT2D eigenvalue weighted by Crippen LogP contribution is -2.36. The minimum absolute atomic E-state index is 0.0180. The fourth-order valence-corrected chi connectivity index (χ4v) is 4.88. The second-order valence-corrected chi connectivity index (χ2v) is 9.47. The maximum absolute atomic E-state index is 12.3. The lowest BCUT2D eigenvalue weighted by molar-refractivity contribution is -0.134. The van der Waals surface area contributed by atoms with E-state index < -0.39 is 5.60 Å². The van der Waals surface area contributed by atoms with Gasteiger partial charge in [0.25, 0.3) is 0 Å². The Bertz CT molecular complexity index is 837. The van der Waals surface area contributed by atoms with Crippen molar-refractivity contribution in [3.8, 4) is 5.75 Å². The molecule has 158 valence electrons. The summed E-state index contributed by atoms with van der Waals surface area (Å²) in [5, 5.41) is 12.7. The van der Waals surface area contributed by atoms with Crippen LogP contribution >= 0.6 is 22.9 Å². The highest BCUT2D eigenvalue weighted by Crippen LogP contribution is 2.37. The van der Waals surface area contributed by atoms with Crippen LogP contribution in [0.2, 0.25) is 5.02 Å². The average Bonchev–Trinajstić information content (AvgIpc) is 2.94. The van der Waals surface area contributed by atoms with Crippen LogP contribution in [0.4, 0.5) is 0 Å². The molecule has 0 saturated carbocycles. The number of rotatable bonds is 6. The molecule has 2 heterocycles. The van der Waals surface area contributed by atoms with E-state index in [1.54, 1.807) is 11.3 Å². The molecule has 0 bridgehead atoms. The standard InChI is InChI=1S/C22H29ClN2O3S/c1-15(2)20(26)25-12-4-10-22(27,11-13-25)21-24-16(3)19(29-21)9-14-28-18-7-5-17(23)6-8-18/h5-8,15,27H,4,9-14H2,1-3H3/t22-/m0/s1. The number of aliphatic hydroxyl groups is 1. The number of nitrogens with zero attached hydrogens (tertiary/aromatic N) is 2. The van der Waals surface area contributed by atoms with Crippen molar-refractivity contribution in [3.05, 3.63) is 44.9 Å². The van der Waals surface area contributed by atoms with E-state index in [9.17, 15) is 9.90 Å². The predicted molar refractivity (Wildman–Crippen MR) is 117 cm³/mol. The molecule has 0 aliphatic carbocycles. The maximum Gasteiger partial charge on any atom is 0.225 e. The van der Waals surface area contributed by atoms with Gasteiger partial charge in [0.05, 0.1) is 12.3 Å². The molecule has 1 aromatic carbocycles. The van der Waals surface area contributed by atoms with Crippen molar-refractivity contribution in [2.45, 2.75) is 52.1 Å². The number of carbonyl (C=O) groups is 1. The number of likely N-dealkylation sites (tertiary alicyclic amines) is 1. The van der Waals surface area contributed by atoms with Crippen LogP contribution in [-0.4, -0.2) is 40.6 Å². The minimum atomic E-state index is -0.962. The Morgan fingerprint density at radius 1 is 1.31 bits per heavy atom. The van der Waals surface area contributed by atoms with Crippen molar-refractivity contribution in [2.24, 2.45) is 5.92 Å². The Morgan fingerprint density at radius 2 is 2.03 bits per heavy atom. The van der Waals surface area contributed by atoms with Crippen molar-refractivity contribution in [1.82, 2.24) is 9.88 Å². The molecule has 2 aromatic rings. The van der Waals surface area contributed by atoms with Gasteiger partial charge in [0.1, 0.15) is 16.4 Å². The van der Waals surface area contributed by atoms with E-state index in [4.69, 9.17) is 16.3 Å². The van der Waals surface area contributed by atoms with E-state index in [-0.39, 0.29) is 11.8 Å². The first-order valence-corrected chi connectivity index (χ1v) is 11.3. The third kappa shape index (κ3) is 5.50. The fourth-order valence-electron chi connectivity index (χ4n) is 3.57. The number of hydrogen-bond donors (Lipinski definition) is 1. The summed E-state index contributed by atoms with van der Waals surface area (Å²) < 4.78 is 5.80. The number of halogens is 1. The van der Waals surface area contributed by atoms with Gasteiger partial charge in [-0.05, 0) is 44.0 Å². The smallest absolute Gasteiger partial charge is 0.225 e. The lowest BCUT2D eigenvalue weighted by Gasteiger charge is -2.25. The van der Waals surface area contributed by atoms with Crippen LogP contribution < -0.4 is 4.74 Å². The molecule has 29 heavy (non-hydrogen) atoms. The molecule has 1 aliphatic heterocycles. The van der Waals surface area contributed by atoms with Crippen molar-refractivity contribution in [1.29, 1.82) is 0 Å². The second-order valence-electron chi connectivity index (χ2n) is 7.95. The molecular weight excluding hydrogens is 408 g/mol. The zero-order valence-electron chi connectivity index (χ0n) is 17.3. The molecule has 0 radical (unpaired) electrons. The molecule has 0 unspecified atom stereocenters. The number of thiazole rings is 1. The van der Waals surface area contributed by atoms with Crippen LogP contribution in [0.3, 0.4) is 0 Å². The second kappa shape index (κ2) is 9.45. The average molecular weight is 437 g/mol. The fraction of sp³-hybridized carbons (Fsp3) is 0.545. The van der Waals surface area contributed by atoms with Crippen LogP contribution in [-0.2, 0) is 16.8 Å². The summed E-state index contributed by atoms with van der Waals surface area (Å²) >= 11 is 7.46. The summed E-state index contributed by atoms with van der Waals surface area (Å²) in [6.45, 7) is 7.63. The minimum Gasteiger partial charge on any atom is -0.493 e. The first kappa shape index (κ1) is 22.1. The molecular formula is C22H29ClN2O3S. The van der Waals surface area contributed by atoms with E-state index in [1.165, 1.54) is 0 Å². The highest BCUT2D eigenvalue weighted by Gasteiger charge is 2.36. The van der Waals surface area contributed by atoms with Crippen LogP contribution in [0.5, 0.6) is 5.75 Å². The van der Waals surface area contributed by atoms with E-state index in [1.807, 2.05) is 49.9 Å². The Labute approximate surface area is 181 Å². The van der Waals surface area contributed by atoms with Gasteiger partial charge in [-0.2, -0.15) is 0 Å². The third-order valence-electron chi connectivity index (χ3n) is 5.32. The van der Waals surface area contributed by atoms with Gasteiger partial charge in [-0.3, -0.25) is 4.79 Å². The largest absolute Gasteiger partial charge is 0.493 e. The maximum atomic E-state index is 12.3. The van der Waals surface area contributed by atoms with Gasteiger partial charge in [-0.15, -0.1) is 11.3 Å². The van der Waals surface area contributed by atoms with E-state index in [2.05, 4.69) is 4.98 Å². The van der Waals surface area contributed by atoms with E-state index >= 15 is 0 Å². The summed E-state index contributed by atoms with van der Waals surface area (Å²) in [5.74, 6) is 0.925. The third-order valence-corrected chi connectivity index (χ3v) is 6.98. The van der Waals surface area contributed by atoms with Gasteiger partial charge in [0.15, 0.2) is 0 Å². The summed E-state index contributed by atoms with van der Waals surface area (Å²) in [6, 6.07) is 7.32.